The molecular formula is C38H36ClNS. The second kappa shape index (κ2) is 10.4. The van der Waals surface area contributed by atoms with E-state index in [2.05, 4.69) is 149 Å². The van der Waals surface area contributed by atoms with Crippen LogP contribution in [0.4, 0.5) is 17.1 Å². The summed E-state index contributed by atoms with van der Waals surface area (Å²) in [6, 6.07) is 37.4. The van der Waals surface area contributed by atoms with Gasteiger partial charge in [-0.25, -0.2) is 0 Å². The van der Waals surface area contributed by atoms with Gasteiger partial charge >= 0.3 is 0 Å². The van der Waals surface area contributed by atoms with Crippen LogP contribution in [0.5, 0.6) is 0 Å². The maximum absolute atomic E-state index is 6.98. The summed E-state index contributed by atoms with van der Waals surface area (Å²) in [5.41, 5.74) is 8.46. The van der Waals surface area contributed by atoms with Gasteiger partial charge < -0.3 is 4.90 Å². The van der Waals surface area contributed by atoms with Crippen LogP contribution in [0.2, 0.25) is 5.02 Å². The van der Waals surface area contributed by atoms with Crippen LogP contribution in [-0.2, 0) is 10.8 Å². The number of rotatable bonds is 4. The van der Waals surface area contributed by atoms with E-state index < -0.39 is 0 Å². The summed E-state index contributed by atoms with van der Waals surface area (Å²) in [5, 5.41) is 6.50. The molecule has 0 aliphatic rings. The predicted octanol–water partition coefficient (Wildman–Crippen LogP) is 12.4. The third kappa shape index (κ3) is 5.27. The first-order valence-corrected chi connectivity index (χ1v) is 15.5. The summed E-state index contributed by atoms with van der Waals surface area (Å²) in [6.07, 6.45) is 0. The molecule has 0 spiro atoms. The summed E-state index contributed by atoms with van der Waals surface area (Å²) in [4.78, 5) is 2.42. The van der Waals surface area contributed by atoms with Crippen LogP contribution in [-0.4, -0.2) is 0 Å². The van der Waals surface area contributed by atoms with Crippen LogP contribution in [0.3, 0.4) is 0 Å². The Hall–Kier alpha value is -3.59. The lowest BCUT2D eigenvalue weighted by Crippen LogP contribution is -2.15. The fraction of sp³-hybridized carbons (Fsp3) is 0.211. The predicted molar refractivity (Wildman–Crippen MR) is 182 cm³/mol. The number of hydrogen-bond donors (Lipinski definition) is 0. The van der Waals surface area contributed by atoms with Crippen LogP contribution >= 0.6 is 22.9 Å². The van der Waals surface area contributed by atoms with E-state index in [4.69, 9.17) is 11.6 Å². The van der Waals surface area contributed by atoms with E-state index in [0.717, 1.165) is 27.2 Å². The molecule has 6 rings (SSSR count). The molecule has 1 aromatic heterocycles. The molecule has 0 saturated heterocycles. The van der Waals surface area contributed by atoms with Crippen molar-refractivity contribution < 1.29 is 0 Å². The zero-order valence-electron chi connectivity index (χ0n) is 24.6. The van der Waals surface area contributed by atoms with Crippen molar-refractivity contribution >= 4 is 60.9 Å². The standard InChI is InChI=1S/C38H36ClNS/c1-37(2,3)27-16-18-34(31(21-27)25-12-8-7-9-13-25)40(29-20-26-14-10-11-15-30(26)33(39)23-29)35-24-41-36-19-17-28(22-32(35)36)38(4,5)6/h7-24H,1-6H3. The molecule has 5 aromatic carbocycles. The maximum Gasteiger partial charge on any atom is 0.0647 e. The van der Waals surface area contributed by atoms with Crippen molar-refractivity contribution in [3.05, 3.63) is 125 Å². The molecule has 0 bridgehead atoms. The van der Waals surface area contributed by atoms with Gasteiger partial charge in [0, 0.05) is 32.1 Å². The Kier molecular flexibility index (Phi) is 6.96. The minimum absolute atomic E-state index is 0.0236. The molecule has 3 heteroatoms. The molecule has 0 saturated carbocycles. The first-order chi connectivity index (χ1) is 19.5. The van der Waals surface area contributed by atoms with Crippen LogP contribution < -0.4 is 4.90 Å². The number of thiophene rings is 1. The zero-order chi connectivity index (χ0) is 28.9. The molecule has 41 heavy (non-hydrogen) atoms. The van der Waals surface area contributed by atoms with Crippen molar-refractivity contribution in [2.75, 3.05) is 4.90 Å². The average molecular weight is 574 g/mol. The van der Waals surface area contributed by atoms with Gasteiger partial charge in [-0.15, -0.1) is 11.3 Å². The van der Waals surface area contributed by atoms with Gasteiger partial charge in [0.25, 0.3) is 0 Å². The Balaban J connectivity index is 1.69. The van der Waals surface area contributed by atoms with E-state index in [0.29, 0.717) is 0 Å². The van der Waals surface area contributed by atoms with Crippen molar-refractivity contribution in [2.24, 2.45) is 0 Å². The van der Waals surface area contributed by atoms with Gasteiger partial charge in [-0.3, -0.25) is 0 Å². The lowest BCUT2D eigenvalue weighted by atomic mass is 9.84. The SMILES string of the molecule is CC(C)(C)c1ccc(N(c2cc(Cl)c3ccccc3c2)c2csc3ccc(C(C)(C)C)cc23)c(-c2ccccc2)c1. The van der Waals surface area contributed by atoms with Gasteiger partial charge in [-0.2, -0.15) is 0 Å². The number of anilines is 3. The van der Waals surface area contributed by atoms with Gasteiger partial charge in [-0.05, 0) is 69.3 Å². The number of halogens is 1. The Morgan fingerprint density at radius 1 is 0.610 bits per heavy atom. The highest BCUT2D eigenvalue weighted by molar-refractivity contribution is 7.17. The number of fused-ring (bicyclic) bond motifs is 2. The quantitative estimate of drug-likeness (QED) is 0.203. The Morgan fingerprint density at radius 3 is 2.00 bits per heavy atom. The third-order valence-corrected chi connectivity index (χ3v) is 9.17. The summed E-state index contributed by atoms with van der Waals surface area (Å²) in [6.45, 7) is 13.7. The molecule has 0 N–H and O–H groups in total. The van der Waals surface area contributed by atoms with Gasteiger partial charge in [0.2, 0.25) is 0 Å². The number of hydrogen-bond acceptors (Lipinski definition) is 2. The molecule has 0 fully saturated rings. The van der Waals surface area contributed by atoms with Crippen molar-refractivity contribution in [3.63, 3.8) is 0 Å². The molecule has 1 nitrogen and oxygen atoms in total. The topological polar surface area (TPSA) is 3.24 Å². The highest BCUT2D eigenvalue weighted by Gasteiger charge is 2.25. The maximum atomic E-state index is 6.98. The molecule has 0 amide bonds. The molecule has 0 atom stereocenters. The molecular weight excluding hydrogens is 538 g/mol. The lowest BCUT2D eigenvalue weighted by molar-refractivity contribution is 0.590. The van der Waals surface area contributed by atoms with E-state index in [1.165, 1.54) is 38.0 Å². The summed E-state index contributed by atoms with van der Waals surface area (Å²) < 4.78 is 1.28. The second-order valence-electron chi connectivity index (χ2n) is 12.9. The molecule has 0 radical (unpaired) electrons. The monoisotopic (exact) mass is 573 g/mol. The fourth-order valence-electron chi connectivity index (χ4n) is 5.49. The summed E-state index contributed by atoms with van der Waals surface area (Å²) >= 11 is 8.77. The van der Waals surface area contributed by atoms with Crippen LogP contribution in [0.25, 0.3) is 32.0 Å². The Labute approximate surface area is 253 Å². The van der Waals surface area contributed by atoms with Gasteiger partial charge in [0.05, 0.1) is 16.4 Å². The molecule has 1 heterocycles. The average Bonchev–Trinajstić information content (AvgIpc) is 3.36. The van der Waals surface area contributed by atoms with E-state index in [1.807, 2.05) is 6.07 Å². The third-order valence-electron chi connectivity index (χ3n) is 7.90. The van der Waals surface area contributed by atoms with Crippen LogP contribution in [0.1, 0.15) is 52.7 Å². The number of nitrogens with zero attached hydrogens (tertiary/aromatic N) is 1. The van der Waals surface area contributed by atoms with Gasteiger partial charge in [0.15, 0.2) is 0 Å². The fourth-order valence-corrected chi connectivity index (χ4v) is 6.68. The van der Waals surface area contributed by atoms with Crippen LogP contribution in [0, 0.1) is 0 Å². The van der Waals surface area contributed by atoms with E-state index >= 15 is 0 Å². The van der Waals surface area contributed by atoms with E-state index in [9.17, 15) is 0 Å². The first-order valence-electron chi connectivity index (χ1n) is 14.2. The molecule has 0 aliphatic carbocycles. The Morgan fingerprint density at radius 2 is 1.27 bits per heavy atom. The van der Waals surface area contributed by atoms with Crippen molar-refractivity contribution in [1.82, 2.24) is 0 Å². The minimum atomic E-state index is 0.0236. The van der Waals surface area contributed by atoms with Gasteiger partial charge in [-0.1, -0.05) is 120 Å². The summed E-state index contributed by atoms with van der Waals surface area (Å²) in [5.74, 6) is 0. The molecule has 0 aliphatic heterocycles. The summed E-state index contributed by atoms with van der Waals surface area (Å²) in [7, 11) is 0. The smallest absolute Gasteiger partial charge is 0.0647 e. The molecule has 0 unspecified atom stereocenters. The van der Waals surface area contributed by atoms with Crippen molar-refractivity contribution in [1.29, 1.82) is 0 Å². The zero-order valence-corrected chi connectivity index (χ0v) is 26.2. The van der Waals surface area contributed by atoms with Crippen molar-refractivity contribution in [2.45, 2.75) is 52.4 Å². The normalized spacial score (nSPS) is 12.3. The van der Waals surface area contributed by atoms with Gasteiger partial charge in [0.1, 0.15) is 0 Å². The first kappa shape index (κ1) is 27.6. The number of benzene rings is 5. The molecule has 6 aromatic rings. The molecule has 206 valence electrons. The second-order valence-corrected chi connectivity index (χ2v) is 14.2. The van der Waals surface area contributed by atoms with Crippen molar-refractivity contribution in [3.8, 4) is 11.1 Å². The van der Waals surface area contributed by atoms with E-state index in [-0.39, 0.29) is 10.8 Å². The highest BCUT2D eigenvalue weighted by atomic mass is 35.5. The Bertz CT molecular complexity index is 1870. The highest BCUT2D eigenvalue weighted by Crippen LogP contribution is 2.48. The lowest BCUT2D eigenvalue weighted by Gasteiger charge is -2.30. The largest absolute Gasteiger partial charge is 0.308 e. The van der Waals surface area contributed by atoms with E-state index in [1.54, 1.807) is 11.3 Å². The van der Waals surface area contributed by atoms with Crippen LogP contribution in [0.15, 0.2) is 109 Å². The minimum Gasteiger partial charge on any atom is -0.308 e.